The first-order chi connectivity index (χ1) is 13.4. The molecule has 1 aliphatic heterocycles. The molecule has 0 spiro atoms. The van der Waals surface area contributed by atoms with E-state index in [4.69, 9.17) is 21.4 Å². The number of carbonyl (C=O) groups is 4. The number of hydrogen-bond acceptors (Lipinski definition) is 5. The number of carbonyl (C=O) groups excluding carboxylic acids is 3. The van der Waals surface area contributed by atoms with Gasteiger partial charge in [0.1, 0.15) is 11.3 Å². The number of rotatable bonds is 5. The van der Waals surface area contributed by atoms with E-state index in [0.717, 1.165) is 4.90 Å². The summed E-state index contributed by atoms with van der Waals surface area (Å²) in [4.78, 5) is 48.7. The lowest BCUT2D eigenvalue weighted by molar-refractivity contribution is -0.139. The number of amides is 4. The molecule has 142 valence electrons. The van der Waals surface area contributed by atoms with E-state index in [2.05, 4.69) is 5.32 Å². The molecule has 0 radical (unpaired) electrons. The van der Waals surface area contributed by atoms with Crippen LogP contribution in [0.1, 0.15) is 5.56 Å². The molecule has 0 aliphatic carbocycles. The molecule has 0 atom stereocenters. The van der Waals surface area contributed by atoms with Gasteiger partial charge in [0.2, 0.25) is 0 Å². The van der Waals surface area contributed by atoms with Crippen LogP contribution in [-0.4, -0.2) is 35.5 Å². The van der Waals surface area contributed by atoms with Crippen molar-refractivity contribution in [3.8, 4) is 5.75 Å². The molecule has 3 rings (SSSR count). The number of barbiturate groups is 1. The summed E-state index contributed by atoms with van der Waals surface area (Å²) in [5.74, 6) is -2.70. The fraction of sp³-hybridized carbons (Fsp3) is 0.0526. The van der Waals surface area contributed by atoms with Crippen molar-refractivity contribution in [2.45, 2.75) is 0 Å². The second kappa shape index (κ2) is 7.93. The summed E-state index contributed by atoms with van der Waals surface area (Å²) in [6.07, 6.45) is 1.24. The Morgan fingerprint density at radius 1 is 1.11 bits per heavy atom. The van der Waals surface area contributed by atoms with E-state index in [1.807, 2.05) is 0 Å². The number of carboxylic acid groups (broad SMARTS) is 1. The number of nitrogens with one attached hydrogen (secondary N) is 1. The van der Waals surface area contributed by atoms with Gasteiger partial charge >= 0.3 is 12.0 Å². The van der Waals surface area contributed by atoms with Crippen LogP contribution in [0.3, 0.4) is 0 Å². The Kier molecular flexibility index (Phi) is 5.42. The Balaban J connectivity index is 1.98. The third kappa shape index (κ3) is 4.02. The third-order valence-electron chi connectivity index (χ3n) is 3.76. The van der Waals surface area contributed by atoms with Crippen LogP contribution in [0.25, 0.3) is 6.08 Å². The van der Waals surface area contributed by atoms with Crippen molar-refractivity contribution in [3.63, 3.8) is 0 Å². The summed E-state index contributed by atoms with van der Waals surface area (Å²) in [5, 5.41) is 11.3. The van der Waals surface area contributed by atoms with Crippen LogP contribution >= 0.6 is 11.6 Å². The van der Waals surface area contributed by atoms with Gasteiger partial charge in [0.05, 0.1) is 5.69 Å². The highest BCUT2D eigenvalue weighted by molar-refractivity contribution is 6.39. The van der Waals surface area contributed by atoms with Crippen LogP contribution in [0, 0.1) is 0 Å². The van der Waals surface area contributed by atoms with Crippen LogP contribution in [0.2, 0.25) is 5.02 Å². The number of benzene rings is 2. The van der Waals surface area contributed by atoms with Gasteiger partial charge in [-0.3, -0.25) is 14.9 Å². The molecule has 2 aromatic carbocycles. The quantitative estimate of drug-likeness (QED) is 0.588. The molecule has 0 unspecified atom stereocenters. The Bertz CT molecular complexity index is 1000. The van der Waals surface area contributed by atoms with Gasteiger partial charge < -0.3 is 9.84 Å². The Morgan fingerprint density at radius 2 is 1.79 bits per heavy atom. The minimum absolute atomic E-state index is 0.174. The largest absolute Gasteiger partial charge is 0.481 e. The molecule has 1 heterocycles. The molecule has 1 fully saturated rings. The normalized spacial score (nSPS) is 15.5. The number of imide groups is 2. The standard InChI is InChI=1S/C19H13ClN2O6/c20-12-5-7-13(8-6-12)22-18(26)14(17(25)21-19(22)27)9-11-3-1-2-4-15(11)28-10-16(23)24/h1-9H,10H2,(H,23,24)(H,21,25,27)/b14-9+. The predicted octanol–water partition coefficient (Wildman–Crippen LogP) is 2.47. The first-order valence-electron chi connectivity index (χ1n) is 7.97. The molecule has 28 heavy (non-hydrogen) atoms. The smallest absolute Gasteiger partial charge is 0.341 e. The van der Waals surface area contributed by atoms with Crippen LogP contribution in [-0.2, 0) is 14.4 Å². The topological polar surface area (TPSA) is 113 Å². The fourth-order valence-corrected chi connectivity index (χ4v) is 2.63. The van der Waals surface area contributed by atoms with Crippen molar-refractivity contribution in [1.82, 2.24) is 5.32 Å². The lowest BCUT2D eigenvalue weighted by Crippen LogP contribution is -2.54. The van der Waals surface area contributed by atoms with Crippen LogP contribution in [0.4, 0.5) is 10.5 Å². The van der Waals surface area contributed by atoms with Gasteiger partial charge in [0.25, 0.3) is 11.8 Å². The summed E-state index contributed by atoms with van der Waals surface area (Å²) in [6, 6.07) is 11.4. The summed E-state index contributed by atoms with van der Waals surface area (Å²) in [6.45, 7) is -0.588. The summed E-state index contributed by atoms with van der Waals surface area (Å²) in [7, 11) is 0. The number of halogens is 1. The van der Waals surface area contributed by atoms with E-state index in [1.165, 1.54) is 36.4 Å². The molecule has 1 aliphatic rings. The van der Waals surface area contributed by atoms with Gasteiger partial charge in [0.15, 0.2) is 6.61 Å². The average Bonchev–Trinajstić information content (AvgIpc) is 2.65. The zero-order valence-electron chi connectivity index (χ0n) is 14.2. The zero-order valence-corrected chi connectivity index (χ0v) is 15.0. The Hall–Kier alpha value is -3.65. The third-order valence-corrected chi connectivity index (χ3v) is 4.01. The highest BCUT2D eigenvalue weighted by Crippen LogP contribution is 2.26. The number of ether oxygens (including phenoxy) is 1. The van der Waals surface area contributed by atoms with Gasteiger partial charge in [-0.05, 0) is 36.4 Å². The number of carboxylic acids is 1. The number of para-hydroxylation sites is 1. The van der Waals surface area contributed by atoms with Crippen molar-refractivity contribution in [2.24, 2.45) is 0 Å². The van der Waals surface area contributed by atoms with Gasteiger partial charge in [-0.15, -0.1) is 0 Å². The maximum absolute atomic E-state index is 12.8. The number of urea groups is 1. The van der Waals surface area contributed by atoms with Crippen LogP contribution in [0.15, 0.2) is 54.1 Å². The molecule has 0 aromatic heterocycles. The predicted molar refractivity (Wildman–Crippen MR) is 100 cm³/mol. The number of hydrogen-bond donors (Lipinski definition) is 2. The van der Waals surface area contributed by atoms with E-state index in [0.29, 0.717) is 10.6 Å². The van der Waals surface area contributed by atoms with Crippen molar-refractivity contribution in [3.05, 3.63) is 64.7 Å². The minimum atomic E-state index is -1.17. The molecule has 0 bridgehead atoms. The van der Waals surface area contributed by atoms with Crippen LogP contribution < -0.4 is 15.0 Å². The monoisotopic (exact) mass is 400 g/mol. The maximum Gasteiger partial charge on any atom is 0.341 e. The van der Waals surface area contributed by atoms with Crippen molar-refractivity contribution >= 4 is 47.2 Å². The van der Waals surface area contributed by atoms with Crippen LogP contribution in [0.5, 0.6) is 5.75 Å². The number of aliphatic carboxylic acids is 1. The second-order valence-electron chi connectivity index (χ2n) is 5.65. The van der Waals surface area contributed by atoms with E-state index in [1.54, 1.807) is 18.2 Å². The van der Waals surface area contributed by atoms with Gasteiger partial charge in [-0.25, -0.2) is 14.5 Å². The summed E-state index contributed by atoms with van der Waals surface area (Å²) >= 11 is 5.83. The maximum atomic E-state index is 12.8. The molecule has 2 N–H and O–H groups in total. The lowest BCUT2D eigenvalue weighted by atomic mass is 10.1. The number of anilines is 1. The van der Waals surface area contributed by atoms with Gasteiger partial charge in [0, 0.05) is 10.6 Å². The van der Waals surface area contributed by atoms with E-state index >= 15 is 0 Å². The fourth-order valence-electron chi connectivity index (χ4n) is 2.51. The zero-order chi connectivity index (χ0) is 20.3. The summed E-state index contributed by atoms with van der Waals surface area (Å²) < 4.78 is 5.17. The molecule has 1 saturated heterocycles. The molecule has 9 heteroatoms. The van der Waals surface area contributed by atoms with Gasteiger partial charge in [-0.2, -0.15) is 0 Å². The lowest BCUT2D eigenvalue weighted by Gasteiger charge is -2.26. The Morgan fingerprint density at radius 3 is 2.46 bits per heavy atom. The summed E-state index contributed by atoms with van der Waals surface area (Å²) in [5.41, 5.74) is 0.245. The first kappa shape index (κ1) is 19.1. The molecule has 4 amide bonds. The van der Waals surface area contributed by atoms with Crippen molar-refractivity contribution < 1.29 is 29.0 Å². The van der Waals surface area contributed by atoms with Crippen molar-refractivity contribution in [1.29, 1.82) is 0 Å². The van der Waals surface area contributed by atoms with E-state index in [-0.39, 0.29) is 17.0 Å². The number of nitrogens with zero attached hydrogens (tertiary/aromatic N) is 1. The van der Waals surface area contributed by atoms with E-state index < -0.39 is 30.4 Å². The SMILES string of the molecule is O=C(O)COc1ccccc1/C=C1\C(=O)NC(=O)N(c2ccc(Cl)cc2)C1=O. The van der Waals surface area contributed by atoms with Crippen molar-refractivity contribution in [2.75, 3.05) is 11.5 Å². The molecular formula is C19H13ClN2O6. The highest BCUT2D eigenvalue weighted by Gasteiger charge is 2.36. The molecule has 8 nitrogen and oxygen atoms in total. The first-order valence-corrected chi connectivity index (χ1v) is 8.35. The highest BCUT2D eigenvalue weighted by atomic mass is 35.5. The molecular weight excluding hydrogens is 388 g/mol. The molecule has 2 aromatic rings. The second-order valence-corrected chi connectivity index (χ2v) is 6.09. The van der Waals surface area contributed by atoms with E-state index in [9.17, 15) is 19.2 Å². The average molecular weight is 401 g/mol. The molecule has 0 saturated carbocycles. The Labute approximate surface area is 164 Å². The van der Waals surface area contributed by atoms with Gasteiger partial charge in [-0.1, -0.05) is 29.8 Å². The minimum Gasteiger partial charge on any atom is -0.481 e.